The summed E-state index contributed by atoms with van der Waals surface area (Å²) < 4.78 is 0. The molecule has 0 N–H and O–H groups in total. The van der Waals surface area contributed by atoms with Crippen LogP contribution in [0.4, 0.5) is 0 Å². The van der Waals surface area contributed by atoms with E-state index in [-0.39, 0.29) is 11.0 Å². The SMILES string of the molecule is CCN(CC)C(C)(C)CC(C)(C)c1ccc(C2(C)CC(C)(C)C2)cc1. The Balaban J connectivity index is 2.15. The van der Waals surface area contributed by atoms with Crippen LogP contribution < -0.4 is 0 Å². The van der Waals surface area contributed by atoms with Crippen LogP contribution in [-0.4, -0.2) is 23.5 Å². The third-order valence-electron chi connectivity index (χ3n) is 6.59. The van der Waals surface area contributed by atoms with Crippen LogP contribution >= 0.6 is 0 Å². The van der Waals surface area contributed by atoms with Crippen molar-refractivity contribution in [2.45, 2.75) is 97.9 Å². The molecule has 0 aromatic heterocycles. The van der Waals surface area contributed by atoms with Gasteiger partial charge in [0.1, 0.15) is 0 Å². The van der Waals surface area contributed by atoms with E-state index in [0.717, 1.165) is 13.1 Å². The van der Waals surface area contributed by atoms with Gasteiger partial charge >= 0.3 is 0 Å². The molecule has 0 saturated heterocycles. The maximum absolute atomic E-state index is 2.58. The highest BCUT2D eigenvalue weighted by Crippen LogP contribution is 2.55. The Bertz CT molecular complexity index is 565. The van der Waals surface area contributed by atoms with Crippen molar-refractivity contribution in [1.29, 1.82) is 0 Å². The van der Waals surface area contributed by atoms with Crippen molar-refractivity contribution >= 4 is 0 Å². The first-order valence-electron chi connectivity index (χ1n) is 10.2. The number of benzene rings is 1. The highest BCUT2D eigenvalue weighted by Gasteiger charge is 2.46. The summed E-state index contributed by atoms with van der Waals surface area (Å²) in [4.78, 5) is 2.58. The fourth-order valence-corrected chi connectivity index (χ4v) is 5.96. The number of rotatable bonds is 7. The summed E-state index contributed by atoms with van der Waals surface area (Å²) >= 11 is 0. The molecule has 0 spiro atoms. The lowest BCUT2D eigenvalue weighted by atomic mass is 9.53. The van der Waals surface area contributed by atoms with Gasteiger partial charge in [-0.3, -0.25) is 4.90 Å². The molecule has 0 unspecified atom stereocenters. The smallest absolute Gasteiger partial charge is 0.0161 e. The normalized spacial score (nSPS) is 19.8. The van der Waals surface area contributed by atoms with Crippen LogP contribution in [0.2, 0.25) is 0 Å². The van der Waals surface area contributed by atoms with Gasteiger partial charge in [-0.05, 0) is 73.6 Å². The van der Waals surface area contributed by atoms with Crippen LogP contribution in [0.1, 0.15) is 92.7 Å². The monoisotopic (exact) mass is 343 g/mol. The Morgan fingerprint density at radius 3 is 1.76 bits per heavy atom. The second kappa shape index (κ2) is 6.72. The molecule has 0 bridgehead atoms. The molecule has 1 heteroatoms. The molecule has 2 rings (SSSR count). The fraction of sp³-hybridized carbons (Fsp3) is 0.750. The molecule has 0 amide bonds. The van der Waals surface area contributed by atoms with E-state index in [2.05, 4.69) is 91.5 Å². The number of hydrogen-bond donors (Lipinski definition) is 0. The van der Waals surface area contributed by atoms with Crippen LogP contribution in [-0.2, 0) is 10.8 Å². The van der Waals surface area contributed by atoms with Crippen molar-refractivity contribution < 1.29 is 0 Å². The third-order valence-corrected chi connectivity index (χ3v) is 6.59. The molecule has 25 heavy (non-hydrogen) atoms. The van der Waals surface area contributed by atoms with Gasteiger partial charge in [-0.2, -0.15) is 0 Å². The third kappa shape index (κ3) is 4.30. The van der Waals surface area contributed by atoms with Gasteiger partial charge < -0.3 is 0 Å². The Labute approximate surface area is 157 Å². The van der Waals surface area contributed by atoms with E-state index < -0.39 is 0 Å². The van der Waals surface area contributed by atoms with E-state index in [1.807, 2.05) is 0 Å². The lowest BCUT2D eigenvalue weighted by molar-refractivity contribution is 0.0716. The molecule has 1 nitrogen and oxygen atoms in total. The number of hydrogen-bond acceptors (Lipinski definition) is 1. The van der Waals surface area contributed by atoms with E-state index in [1.54, 1.807) is 0 Å². The molecule has 142 valence electrons. The van der Waals surface area contributed by atoms with Gasteiger partial charge in [0, 0.05) is 5.54 Å². The van der Waals surface area contributed by atoms with Crippen LogP contribution in [0.25, 0.3) is 0 Å². The first-order valence-corrected chi connectivity index (χ1v) is 10.2. The van der Waals surface area contributed by atoms with E-state index >= 15 is 0 Å². The molecule has 1 aromatic carbocycles. The molecule has 1 aliphatic rings. The van der Waals surface area contributed by atoms with Crippen LogP contribution in [0.3, 0.4) is 0 Å². The summed E-state index contributed by atoms with van der Waals surface area (Å²) in [5.41, 5.74) is 4.29. The van der Waals surface area contributed by atoms with Gasteiger partial charge in [0.05, 0.1) is 0 Å². The minimum atomic E-state index is 0.185. The van der Waals surface area contributed by atoms with Gasteiger partial charge in [-0.25, -0.2) is 0 Å². The predicted octanol–water partition coefficient (Wildman–Crippen LogP) is 6.55. The summed E-state index contributed by atoms with van der Waals surface area (Å²) in [5.74, 6) is 0. The lowest BCUT2D eigenvalue weighted by Crippen LogP contribution is -2.47. The van der Waals surface area contributed by atoms with Gasteiger partial charge in [0.15, 0.2) is 0 Å². The minimum absolute atomic E-state index is 0.185. The van der Waals surface area contributed by atoms with Gasteiger partial charge in [-0.1, -0.05) is 72.7 Å². The van der Waals surface area contributed by atoms with Crippen molar-refractivity contribution in [3.05, 3.63) is 35.4 Å². The maximum atomic E-state index is 2.58. The Hall–Kier alpha value is -0.820. The molecule has 1 fully saturated rings. The topological polar surface area (TPSA) is 3.24 Å². The first kappa shape index (κ1) is 20.5. The van der Waals surface area contributed by atoms with Crippen molar-refractivity contribution in [3.8, 4) is 0 Å². The average molecular weight is 344 g/mol. The molecule has 0 heterocycles. The summed E-state index contributed by atoms with van der Waals surface area (Å²) in [6.07, 6.45) is 3.78. The standard InChI is InChI=1S/C24H41N/c1-10-25(11-2)23(7,8)18-22(5,6)19-12-14-20(15-13-19)24(9)16-21(3,4)17-24/h12-15H,10-11,16-18H2,1-9H3. The molecule has 1 saturated carbocycles. The first-order chi connectivity index (χ1) is 11.4. The lowest BCUT2D eigenvalue weighted by Gasteiger charge is -2.52. The molecule has 0 aliphatic heterocycles. The Kier molecular flexibility index (Phi) is 5.51. The largest absolute Gasteiger partial charge is 0.299 e. The van der Waals surface area contributed by atoms with Crippen LogP contribution in [0, 0.1) is 5.41 Å². The fourth-order valence-electron chi connectivity index (χ4n) is 5.96. The van der Waals surface area contributed by atoms with Crippen molar-refractivity contribution in [2.75, 3.05) is 13.1 Å². The maximum Gasteiger partial charge on any atom is 0.0161 e. The second-order valence-electron chi connectivity index (χ2n) is 10.7. The molecule has 1 aliphatic carbocycles. The highest BCUT2D eigenvalue weighted by atomic mass is 15.2. The molecular formula is C24H41N. The highest BCUT2D eigenvalue weighted by molar-refractivity contribution is 5.35. The van der Waals surface area contributed by atoms with Gasteiger partial charge in [0.25, 0.3) is 0 Å². The quantitative estimate of drug-likeness (QED) is 0.542. The van der Waals surface area contributed by atoms with Crippen molar-refractivity contribution in [1.82, 2.24) is 4.90 Å². The Morgan fingerprint density at radius 2 is 1.36 bits per heavy atom. The molecular weight excluding hydrogens is 302 g/mol. The van der Waals surface area contributed by atoms with E-state index in [1.165, 1.54) is 30.4 Å². The van der Waals surface area contributed by atoms with Crippen molar-refractivity contribution in [3.63, 3.8) is 0 Å². The molecule has 1 aromatic rings. The average Bonchev–Trinajstić information content (AvgIpc) is 2.45. The zero-order valence-electron chi connectivity index (χ0n) is 18.3. The summed E-state index contributed by atoms with van der Waals surface area (Å²) in [6.45, 7) is 23.6. The van der Waals surface area contributed by atoms with Crippen molar-refractivity contribution in [2.24, 2.45) is 5.41 Å². The zero-order chi connectivity index (χ0) is 19.1. The van der Waals surface area contributed by atoms with Crippen LogP contribution in [0.5, 0.6) is 0 Å². The minimum Gasteiger partial charge on any atom is -0.299 e. The van der Waals surface area contributed by atoms with E-state index in [0.29, 0.717) is 10.8 Å². The summed E-state index contributed by atoms with van der Waals surface area (Å²) in [6, 6.07) is 9.59. The van der Waals surface area contributed by atoms with E-state index in [9.17, 15) is 0 Å². The van der Waals surface area contributed by atoms with Gasteiger partial charge in [0.2, 0.25) is 0 Å². The van der Waals surface area contributed by atoms with E-state index in [4.69, 9.17) is 0 Å². The molecule has 0 radical (unpaired) electrons. The Morgan fingerprint density at radius 1 is 0.880 bits per heavy atom. The predicted molar refractivity (Wildman–Crippen MR) is 111 cm³/mol. The number of nitrogens with zero attached hydrogens (tertiary/aromatic N) is 1. The zero-order valence-corrected chi connectivity index (χ0v) is 18.3. The van der Waals surface area contributed by atoms with Gasteiger partial charge in [-0.15, -0.1) is 0 Å². The van der Waals surface area contributed by atoms with Crippen LogP contribution in [0.15, 0.2) is 24.3 Å². The summed E-state index contributed by atoms with van der Waals surface area (Å²) in [5, 5.41) is 0. The molecule has 0 atom stereocenters. The summed E-state index contributed by atoms with van der Waals surface area (Å²) in [7, 11) is 0. The second-order valence-corrected chi connectivity index (χ2v) is 10.7.